The van der Waals surface area contributed by atoms with Crippen LogP contribution in [-0.2, 0) is 6.54 Å². The fraction of sp³-hybridized carbons (Fsp3) is 0.333. The highest BCUT2D eigenvalue weighted by Crippen LogP contribution is 2.16. The quantitative estimate of drug-likeness (QED) is 0.263. The van der Waals surface area contributed by atoms with Crippen LogP contribution in [0, 0.1) is 0 Å². The summed E-state index contributed by atoms with van der Waals surface area (Å²) in [7, 11) is 1.57. The van der Waals surface area contributed by atoms with Gasteiger partial charge in [0.25, 0.3) is 0 Å². The van der Waals surface area contributed by atoms with Crippen molar-refractivity contribution in [2.75, 3.05) is 7.11 Å². The van der Waals surface area contributed by atoms with Gasteiger partial charge >= 0.3 is 0 Å². The Labute approximate surface area is 79.7 Å². The van der Waals surface area contributed by atoms with E-state index in [1.54, 1.807) is 13.2 Å². The number of guanidine groups is 1. The number of methoxy groups -OCH3 is 1. The second-order valence-corrected chi connectivity index (χ2v) is 3.07. The minimum Gasteiger partial charge on any atom is -0.480 e. The molecule has 0 aliphatic rings. The number of rotatable bonds is 3. The van der Waals surface area contributed by atoms with E-state index in [4.69, 9.17) is 16.3 Å². The number of nitrogens with one attached hydrogen (secondary N) is 1. The molecule has 0 saturated carbocycles. The first-order chi connectivity index (χ1) is 6.26. The Hall–Kier alpha value is -1.34. The predicted molar refractivity (Wildman–Crippen MR) is 51.3 cm³/mol. The zero-order valence-corrected chi connectivity index (χ0v) is 7.97. The molecular weight excluding hydrogens is 190 g/mol. The van der Waals surface area contributed by atoms with Crippen LogP contribution in [0.1, 0.15) is 4.88 Å². The molecular formula is C6H11N5OS. The number of aromatic nitrogens is 1. The molecule has 0 aromatic carbocycles. The van der Waals surface area contributed by atoms with E-state index in [2.05, 4.69) is 14.8 Å². The van der Waals surface area contributed by atoms with Crippen molar-refractivity contribution in [2.24, 2.45) is 16.6 Å². The van der Waals surface area contributed by atoms with E-state index in [1.807, 2.05) is 0 Å². The third kappa shape index (κ3) is 2.88. The molecule has 0 atom stereocenters. The van der Waals surface area contributed by atoms with Gasteiger partial charge in [-0.25, -0.2) is 10.8 Å². The number of aliphatic imine (C=N–C) groups is 1. The molecule has 0 bridgehead atoms. The van der Waals surface area contributed by atoms with Gasteiger partial charge in [-0.1, -0.05) is 0 Å². The summed E-state index contributed by atoms with van der Waals surface area (Å²) in [5.74, 6) is 5.82. The van der Waals surface area contributed by atoms with Crippen LogP contribution in [0.5, 0.6) is 5.88 Å². The van der Waals surface area contributed by atoms with Crippen molar-refractivity contribution in [1.29, 1.82) is 0 Å². The molecule has 1 rings (SSSR count). The lowest BCUT2D eigenvalue weighted by Gasteiger charge is -1.95. The monoisotopic (exact) mass is 201 g/mol. The van der Waals surface area contributed by atoms with Gasteiger partial charge < -0.3 is 10.5 Å². The molecule has 1 aromatic rings. The molecule has 13 heavy (non-hydrogen) atoms. The third-order valence-electron chi connectivity index (χ3n) is 1.30. The molecule has 6 nitrogen and oxygen atoms in total. The molecule has 0 amide bonds. The minimum atomic E-state index is 0.201. The van der Waals surface area contributed by atoms with Crippen LogP contribution < -0.4 is 21.7 Å². The smallest absolute Gasteiger partial charge is 0.225 e. The lowest BCUT2D eigenvalue weighted by atomic mass is 10.5. The lowest BCUT2D eigenvalue weighted by Crippen LogP contribution is -2.37. The first-order valence-electron chi connectivity index (χ1n) is 3.52. The van der Waals surface area contributed by atoms with Gasteiger partial charge in [-0.3, -0.25) is 5.43 Å². The van der Waals surface area contributed by atoms with E-state index in [0.717, 1.165) is 4.88 Å². The van der Waals surface area contributed by atoms with Crippen molar-refractivity contribution in [3.63, 3.8) is 0 Å². The molecule has 72 valence electrons. The van der Waals surface area contributed by atoms with Gasteiger partial charge in [-0.15, -0.1) is 0 Å². The summed E-state index contributed by atoms with van der Waals surface area (Å²) in [5, 5.41) is 0. The highest BCUT2D eigenvalue weighted by molar-refractivity contribution is 7.05. The Bertz CT molecular complexity index is 297. The summed E-state index contributed by atoms with van der Waals surface area (Å²) >= 11 is 1.32. The maximum absolute atomic E-state index is 5.33. The maximum Gasteiger partial charge on any atom is 0.225 e. The summed E-state index contributed by atoms with van der Waals surface area (Å²) in [4.78, 5) is 4.90. The number of nitrogens with zero attached hydrogens (tertiary/aromatic N) is 2. The fourth-order valence-corrected chi connectivity index (χ4v) is 1.28. The van der Waals surface area contributed by atoms with Gasteiger partial charge in [0, 0.05) is 6.07 Å². The third-order valence-corrected chi connectivity index (χ3v) is 2.05. The maximum atomic E-state index is 5.33. The first kappa shape index (κ1) is 9.75. The summed E-state index contributed by atoms with van der Waals surface area (Å²) in [5.41, 5.74) is 7.56. The Kier molecular flexibility index (Phi) is 3.47. The molecule has 5 N–H and O–H groups in total. The summed E-state index contributed by atoms with van der Waals surface area (Å²) in [6.45, 7) is 0.455. The average Bonchev–Trinajstić information content (AvgIpc) is 2.61. The first-order valence-corrected chi connectivity index (χ1v) is 4.29. The van der Waals surface area contributed by atoms with Crippen LogP contribution in [0.15, 0.2) is 11.1 Å². The van der Waals surface area contributed by atoms with Crippen LogP contribution >= 0.6 is 11.5 Å². The van der Waals surface area contributed by atoms with Crippen molar-refractivity contribution >= 4 is 17.5 Å². The van der Waals surface area contributed by atoms with E-state index in [-0.39, 0.29) is 5.96 Å². The Balaban J connectivity index is 2.54. The van der Waals surface area contributed by atoms with Gasteiger partial charge in [-0.2, -0.15) is 4.37 Å². The summed E-state index contributed by atoms with van der Waals surface area (Å²) in [6.07, 6.45) is 0. The number of hydrogen-bond donors (Lipinski definition) is 3. The Morgan fingerprint density at radius 1 is 1.85 bits per heavy atom. The second kappa shape index (κ2) is 4.63. The van der Waals surface area contributed by atoms with Crippen LogP contribution in [0.4, 0.5) is 0 Å². The van der Waals surface area contributed by atoms with E-state index in [1.165, 1.54) is 11.5 Å². The topological polar surface area (TPSA) is 98.5 Å². The molecule has 0 aliphatic carbocycles. The minimum absolute atomic E-state index is 0.201. The molecule has 0 radical (unpaired) electrons. The second-order valence-electron chi connectivity index (χ2n) is 2.18. The van der Waals surface area contributed by atoms with Gasteiger partial charge in [0.05, 0.1) is 18.5 Å². The van der Waals surface area contributed by atoms with E-state index < -0.39 is 0 Å². The molecule has 0 saturated heterocycles. The zero-order chi connectivity index (χ0) is 9.68. The van der Waals surface area contributed by atoms with E-state index in [0.29, 0.717) is 12.4 Å². The number of hydrogen-bond acceptors (Lipinski definition) is 5. The van der Waals surface area contributed by atoms with Gasteiger partial charge in [0.15, 0.2) is 0 Å². The van der Waals surface area contributed by atoms with Gasteiger partial charge in [0.1, 0.15) is 0 Å². The molecule has 0 aliphatic heterocycles. The van der Waals surface area contributed by atoms with Crippen LogP contribution in [0.25, 0.3) is 0 Å². The zero-order valence-electron chi connectivity index (χ0n) is 7.15. The normalized spacial score (nSPS) is 11.4. The standard InChI is InChI=1S/C6H11N5OS/c1-12-5-2-4(13-11-5)3-9-6(7)10-8/h2H,3,8H2,1H3,(H3,7,9,10). The number of hydrazine groups is 1. The molecule has 1 aromatic heterocycles. The van der Waals surface area contributed by atoms with E-state index >= 15 is 0 Å². The van der Waals surface area contributed by atoms with E-state index in [9.17, 15) is 0 Å². The number of ether oxygens (including phenoxy) is 1. The lowest BCUT2D eigenvalue weighted by molar-refractivity contribution is 0.402. The largest absolute Gasteiger partial charge is 0.480 e. The Morgan fingerprint density at radius 2 is 2.62 bits per heavy atom. The van der Waals surface area contributed by atoms with Crippen LogP contribution in [-0.4, -0.2) is 17.4 Å². The Morgan fingerprint density at radius 3 is 3.15 bits per heavy atom. The van der Waals surface area contributed by atoms with Crippen molar-refractivity contribution in [1.82, 2.24) is 9.80 Å². The average molecular weight is 201 g/mol. The van der Waals surface area contributed by atoms with Gasteiger partial charge in [0.2, 0.25) is 11.8 Å². The highest BCUT2D eigenvalue weighted by Gasteiger charge is 1.99. The molecule has 0 unspecified atom stereocenters. The highest BCUT2D eigenvalue weighted by atomic mass is 32.1. The van der Waals surface area contributed by atoms with Gasteiger partial charge in [-0.05, 0) is 11.5 Å². The summed E-state index contributed by atoms with van der Waals surface area (Å²) in [6, 6.07) is 1.80. The van der Waals surface area contributed by atoms with Crippen molar-refractivity contribution in [2.45, 2.75) is 6.54 Å². The van der Waals surface area contributed by atoms with Crippen LogP contribution in [0.2, 0.25) is 0 Å². The molecule has 0 fully saturated rings. The SMILES string of the molecule is COc1cc(CN=C(N)NN)sn1. The summed E-state index contributed by atoms with van der Waals surface area (Å²) < 4.78 is 8.90. The molecule has 7 heteroatoms. The predicted octanol–water partition coefficient (Wildman–Crippen LogP) is -0.570. The molecule has 0 spiro atoms. The number of nitrogens with two attached hydrogens (primary N) is 2. The van der Waals surface area contributed by atoms with Crippen molar-refractivity contribution in [3.8, 4) is 5.88 Å². The van der Waals surface area contributed by atoms with Crippen LogP contribution in [0.3, 0.4) is 0 Å². The van der Waals surface area contributed by atoms with Crippen molar-refractivity contribution < 1.29 is 4.74 Å². The molecule has 1 heterocycles. The van der Waals surface area contributed by atoms with Crippen molar-refractivity contribution in [3.05, 3.63) is 10.9 Å². The fourth-order valence-electron chi connectivity index (χ4n) is 0.673.